The van der Waals surface area contributed by atoms with Crippen LogP contribution in [-0.2, 0) is 13.2 Å². The second-order valence-electron chi connectivity index (χ2n) is 4.71. The molecule has 0 unspecified atom stereocenters. The van der Waals surface area contributed by atoms with E-state index in [1.165, 1.54) is 12.1 Å². The highest BCUT2D eigenvalue weighted by atomic mass is 79.9. The molecule has 1 N–H and O–H groups in total. The summed E-state index contributed by atoms with van der Waals surface area (Å²) in [4.78, 5) is 4.23. The topological polar surface area (TPSA) is 60.2 Å². The summed E-state index contributed by atoms with van der Waals surface area (Å²) >= 11 is 3.38. The van der Waals surface area contributed by atoms with Gasteiger partial charge < -0.3 is 14.6 Å². The first-order valence-corrected chi connectivity index (χ1v) is 7.67. The molecule has 0 fully saturated rings. The second kappa shape index (κ2) is 7.23. The number of ether oxygens (including phenoxy) is 1. The molecule has 7 heteroatoms. The Morgan fingerprint density at radius 1 is 1.09 bits per heavy atom. The van der Waals surface area contributed by atoms with Crippen molar-refractivity contribution in [3.63, 3.8) is 0 Å². The molecule has 23 heavy (non-hydrogen) atoms. The zero-order chi connectivity index (χ0) is 16.1. The second-order valence-corrected chi connectivity index (χ2v) is 5.62. The van der Waals surface area contributed by atoms with Gasteiger partial charge in [0, 0.05) is 10.2 Å². The van der Waals surface area contributed by atoms with E-state index in [0.717, 1.165) is 10.2 Å². The van der Waals surface area contributed by atoms with Gasteiger partial charge in [-0.05, 0) is 48.5 Å². The van der Waals surface area contributed by atoms with Crippen molar-refractivity contribution in [3.8, 4) is 5.75 Å². The first kappa shape index (κ1) is 15.5. The molecule has 0 amide bonds. The molecular weight excluding hydrogens is 365 g/mol. The molecule has 3 rings (SSSR count). The Morgan fingerprint density at radius 2 is 1.83 bits per heavy atom. The number of aromatic nitrogens is 2. The molecule has 0 atom stereocenters. The molecule has 0 saturated heterocycles. The standard InChI is InChI=1S/C16H13BrFN3O2/c17-11-1-5-13(6-2-11)19-9-16-20-15(21-23-16)10-22-14-7-3-12(18)4-8-14/h1-8,19H,9-10H2. The Balaban J connectivity index is 1.51. The summed E-state index contributed by atoms with van der Waals surface area (Å²) in [5.41, 5.74) is 0.954. The summed E-state index contributed by atoms with van der Waals surface area (Å²) in [7, 11) is 0. The minimum atomic E-state index is -0.307. The van der Waals surface area contributed by atoms with Gasteiger partial charge in [0.05, 0.1) is 6.54 Å². The SMILES string of the molecule is Fc1ccc(OCc2noc(CNc3ccc(Br)cc3)n2)cc1. The number of benzene rings is 2. The first-order valence-electron chi connectivity index (χ1n) is 6.88. The van der Waals surface area contributed by atoms with Gasteiger partial charge in [0.1, 0.15) is 11.6 Å². The summed E-state index contributed by atoms with van der Waals surface area (Å²) in [5.74, 6) is 1.14. The van der Waals surface area contributed by atoms with Crippen molar-refractivity contribution in [2.24, 2.45) is 0 Å². The van der Waals surface area contributed by atoms with Gasteiger partial charge in [-0.15, -0.1) is 0 Å². The molecule has 1 heterocycles. The van der Waals surface area contributed by atoms with Gasteiger partial charge in [-0.25, -0.2) is 4.39 Å². The fraction of sp³-hybridized carbons (Fsp3) is 0.125. The highest BCUT2D eigenvalue weighted by Gasteiger charge is 2.07. The van der Waals surface area contributed by atoms with Gasteiger partial charge in [0.25, 0.3) is 0 Å². The lowest BCUT2D eigenvalue weighted by Gasteiger charge is -2.03. The molecule has 0 aliphatic carbocycles. The molecule has 0 aliphatic rings. The van der Waals surface area contributed by atoms with Crippen molar-refractivity contribution >= 4 is 21.6 Å². The van der Waals surface area contributed by atoms with Gasteiger partial charge in [-0.1, -0.05) is 21.1 Å². The lowest BCUT2D eigenvalue weighted by atomic mass is 10.3. The molecule has 118 valence electrons. The summed E-state index contributed by atoms with van der Waals surface area (Å²) < 4.78 is 24.4. The lowest BCUT2D eigenvalue weighted by molar-refractivity contribution is 0.285. The van der Waals surface area contributed by atoms with E-state index in [1.54, 1.807) is 12.1 Å². The maximum atomic E-state index is 12.8. The minimum Gasteiger partial charge on any atom is -0.485 e. The molecule has 1 aromatic heterocycles. The van der Waals surface area contributed by atoms with Crippen LogP contribution in [0.1, 0.15) is 11.7 Å². The van der Waals surface area contributed by atoms with E-state index in [4.69, 9.17) is 9.26 Å². The van der Waals surface area contributed by atoms with E-state index in [1.807, 2.05) is 24.3 Å². The van der Waals surface area contributed by atoms with Crippen molar-refractivity contribution in [3.05, 3.63) is 70.5 Å². The van der Waals surface area contributed by atoms with Gasteiger partial charge in [0.15, 0.2) is 6.61 Å². The number of halogens is 2. The number of rotatable bonds is 6. The van der Waals surface area contributed by atoms with E-state index in [-0.39, 0.29) is 12.4 Å². The lowest BCUT2D eigenvalue weighted by Crippen LogP contribution is -2.01. The molecule has 2 aromatic carbocycles. The van der Waals surface area contributed by atoms with E-state index in [9.17, 15) is 4.39 Å². The third-order valence-corrected chi connectivity index (χ3v) is 3.51. The number of nitrogens with zero attached hydrogens (tertiary/aromatic N) is 2. The summed E-state index contributed by atoms with van der Waals surface area (Å²) in [5, 5.41) is 7.02. The highest BCUT2D eigenvalue weighted by Crippen LogP contribution is 2.15. The average molecular weight is 378 g/mol. The summed E-state index contributed by atoms with van der Waals surface area (Å²) in [6.45, 7) is 0.582. The van der Waals surface area contributed by atoms with Gasteiger partial charge in [-0.3, -0.25) is 0 Å². The maximum Gasteiger partial charge on any atom is 0.246 e. The van der Waals surface area contributed by atoms with Crippen LogP contribution in [-0.4, -0.2) is 10.1 Å². The number of hydrogen-bond acceptors (Lipinski definition) is 5. The van der Waals surface area contributed by atoms with Gasteiger partial charge in [0.2, 0.25) is 11.7 Å². The Bertz CT molecular complexity index is 696. The van der Waals surface area contributed by atoms with E-state index in [0.29, 0.717) is 24.0 Å². The fourth-order valence-corrected chi connectivity index (χ4v) is 2.11. The van der Waals surface area contributed by atoms with Crippen LogP contribution in [0, 0.1) is 5.82 Å². The fourth-order valence-electron chi connectivity index (χ4n) is 1.84. The Labute approximate surface area is 140 Å². The molecule has 0 radical (unpaired) electrons. The van der Waals surface area contributed by atoms with Crippen molar-refractivity contribution in [2.75, 3.05) is 5.32 Å². The van der Waals surface area contributed by atoms with Crippen LogP contribution in [0.5, 0.6) is 5.75 Å². The molecule has 0 spiro atoms. The van der Waals surface area contributed by atoms with Crippen molar-refractivity contribution in [1.82, 2.24) is 10.1 Å². The summed E-state index contributed by atoms with van der Waals surface area (Å²) in [6.07, 6.45) is 0. The smallest absolute Gasteiger partial charge is 0.246 e. The minimum absolute atomic E-state index is 0.160. The monoisotopic (exact) mass is 377 g/mol. The van der Waals surface area contributed by atoms with E-state index < -0.39 is 0 Å². The van der Waals surface area contributed by atoms with Crippen molar-refractivity contribution in [1.29, 1.82) is 0 Å². The Kier molecular flexibility index (Phi) is 4.87. The largest absolute Gasteiger partial charge is 0.485 e. The van der Waals surface area contributed by atoms with Gasteiger partial charge in [-0.2, -0.15) is 4.98 Å². The third-order valence-electron chi connectivity index (χ3n) is 2.98. The van der Waals surface area contributed by atoms with Gasteiger partial charge >= 0.3 is 0 Å². The quantitative estimate of drug-likeness (QED) is 0.698. The maximum absolute atomic E-state index is 12.8. The van der Waals surface area contributed by atoms with Crippen LogP contribution in [0.15, 0.2) is 57.5 Å². The number of anilines is 1. The zero-order valence-corrected chi connectivity index (χ0v) is 13.6. The highest BCUT2D eigenvalue weighted by molar-refractivity contribution is 9.10. The zero-order valence-electron chi connectivity index (χ0n) is 12.0. The van der Waals surface area contributed by atoms with Crippen LogP contribution >= 0.6 is 15.9 Å². The van der Waals surface area contributed by atoms with E-state index in [2.05, 4.69) is 31.4 Å². The molecule has 0 saturated carbocycles. The van der Waals surface area contributed by atoms with Crippen molar-refractivity contribution in [2.45, 2.75) is 13.2 Å². The molecule has 5 nitrogen and oxygen atoms in total. The molecule has 0 aliphatic heterocycles. The van der Waals surface area contributed by atoms with Crippen LogP contribution in [0.3, 0.4) is 0 Å². The molecule has 0 bridgehead atoms. The van der Waals surface area contributed by atoms with E-state index >= 15 is 0 Å². The van der Waals surface area contributed by atoms with Crippen molar-refractivity contribution < 1.29 is 13.7 Å². The average Bonchev–Trinajstić information content (AvgIpc) is 3.02. The molecule has 3 aromatic rings. The number of hydrogen-bond donors (Lipinski definition) is 1. The Morgan fingerprint density at radius 3 is 2.57 bits per heavy atom. The predicted octanol–water partition coefficient (Wildman–Crippen LogP) is 4.16. The normalized spacial score (nSPS) is 10.5. The van der Waals surface area contributed by atoms with Crippen LogP contribution < -0.4 is 10.1 Å². The Hall–Kier alpha value is -2.41. The van der Waals surface area contributed by atoms with Crippen LogP contribution in [0.2, 0.25) is 0 Å². The predicted molar refractivity (Wildman–Crippen MR) is 86.5 cm³/mol. The van der Waals surface area contributed by atoms with Crippen LogP contribution in [0.4, 0.5) is 10.1 Å². The first-order chi connectivity index (χ1) is 11.2. The molecular formula is C16H13BrFN3O2. The summed E-state index contributed by atoms with van der Waals surface area (Å²) in [6, 6.07) is 13.5. The van der Waals surface area contributed by atoms with Crippen LogP contribution in [0.25, 0.3) is 0 Å². The third kappa shape index (κ3) is 4.53. The number of nitrogens with one attached hydrogen (secondary N) is 1.